The van der Waals surface area contributed by atoms with Gasteiger partial charge < -0.3 is 9.80 Å². The molecule has 0 radical (unpaired) electrons. The van der Waals surface area contributed by atoms with Gasteiger partial charge in [-0.25, -0.2) is 0 Å². The fraction of sp³-hybridized carbons (Fsp3) is 0.643. The molecule has 1 atom stereocenters. The zero-order valence-electron chi connectivity index (χ0n) is 20.9. The average molecular weight is 409 g/mol. The van der Waals surface area contributed by atoms with Gasteiger partial charge in [0, 0.05) is 29.9 Å². The lowest BCUT2D eigenvalue weighted by Gasteiger charge is -2.44. The topological polar surface area (TPSA) is 6.48 Å². The molecule has 166 valence electrons. The first-order valence-corrected chi connectivity index (χ1v) is 12.1. The maximum atomic E-state index is 2.71. The molecule has 1 heterocycles. The maximum absolute atomic E-state index is 2.71. The van der Waals surface area contributed by atoms with E-state index in [9.17, 15) is 0 Å². The Bertz CT molecular complexity index is 786. The summed E-state index contributed by atoms with van der Waals surface area (Å²) in [6.45, 7) is 24.5. The summed E-state index contributed by atoms with van der Waals surface area (Å²) in [5, 5.41) is 0. The Balaban J connectivity index is 2.03. The summed E-state index contributed by atoms with van der Waals surface area (Å²) in [5.41, 5.74) is 7.84. The van der Waals surface area contributed by atoms with E-state index in [2.05, 4.69) is 102 Å². The molecule has 30 heavy (non-hydrogen) atoms. The van der Waals surface area contributed by atoms with Crippen LogP contribution >= 0.6 is 0 Å². The van der Waals surface area contributed by atoms with Gasteiger partial charge in [-0.05, 0) is 46.8 Å². The van der Waals surface area contributed by atoms with E-state index in [-0.39, 0.29) is 5.41 Å². The largest absolute Gasteiger partial charge is 0.355 e. The molecule has 1 saturated heterocycles. The fourth-order valence-corrected chi connectivity index (χ4v) is 5.29. The van der Waals surface area contributed by atoms with Crippen LogP contribution in [0.3, 0.4) is 0 Å². The van der Waals surface area contributed by atoms with Gasteiger partial charge in [0.05, 0.1) is 6.67 Å². The van der Waals surface area contributed by atoms with E-state index in [4.69, 9.17) is 0 Å². The Labute approximate surface area is 186 Å². The van der Waals surface area contributed by atoms with Gasteiger partial charge >= 0.3 is 0 Å². The lowest BCUT2D eigenvalue weighted by molar-refractivity contribution is 0.197. The summed E-state index contributed by atoms with van der Waals surface area (Å²) in [6.07, 6.45) is 5.97. The predicted octanol–water partition coefficient (Wildman–Crippen LogP) is 7.55. The van der Waals surface area contributed by atoms with E-state index in [0.717, 1.165) is 26.2 Å². The van der Waals surface area contributed by atoms with Crippen molar-refractivity contribution in [3.05, 3.63) is 52.7 Å². The van der Waals surface area contributed by atoms with Crippen LogP contribution < -0.4 is 4.90 Å². The Kier molecular flexibility index (Phi) is 6.75. The molecule has 1 fully saturated rings. The van der Waals surface area contributed by atoms with E-state index >= 15 is 0 Å². The first kappa shape index (κ1) is 23.0. The molecule has 1 aromatic carbocycles. The number of benzene rings is 1. The van der Waals surface area contributed by atoms with Crippen LogP contribution in [0, 0.1) is 17.3 Å². The number of allylic oxidation sites excluding steroid dienone is 4. The van der Waals surface area contributed by atoms with Crippen molar-refractivity contribution in [2.45, 2.75) is 80.6 Å². The van der Waals surface area contributed by atoms with Crippen molar-refractivity contribution >= 4 is 5.69 Å². The quantitative estimate of drug-likeness (QED) is 0.479. The van der Waals surface area contributed by atoms with Gasteiger partial charge in [0.2, 0.25) is 0 Å². The molecular weight excluding hydrogens is 364 g/mol. The third-order valence-electron chi connectivity index (χ3n) is 7.51. The number of para-hydroxylation sites is 1. The van der Waals surface area contributed by atoms with Crippen LogP contribution in [-0.4, -0.2) is 24.7 Å². The lowest BCUT2D eigenvalue weighted by Crippen LogP contribution is -2.39. The standard InChI is InChI=1S/C28H44N2/c1-19(2)23-12-10-13-24(20(3)4)26(23)29-16-17-30(18-29)27-25(21(5)6)14-11-15-28(27,9)22(7)8/h10-14,19-22H,15-18H2,1-9H3. The second kappa shape index (κ2) is 8.81. The van der Waals surface area contributed by atoms with Crippen molar-refractivity contribution in [2.24, 2.45) is 17.3 Å². The highest BCUT2D eigenvalue weighted by molar-refractivity contribution is 5.62. The number of hydrogen-bond acceptors (Lipinski definition) is 2. The SMILES string of the molecule is CC(C)C1=C(N2CCN(c3c(C(C)C)cccc3C(C)C)C2)C(C)(C(C)C)CC=C1. The zero-order chi connectivity index (χ0) is 22.2. The van der Waals surface area contributed by atoms with Crippen molar-refractivity contribution in [1.29, 1.82) is 0 Å². The third kappa shape index (κ3) is 4.07. The second-order valence-corrected chi connectivity index (χ2v) is 10.9. The first-order valence-electron chi connectivity index (χ1n) is 12.1. The van der Waals surface area contributed by atoms with E-state index in [0.29, 0.717) is 23.7 Å². The number of nitrogens with zero attached hydrogens (tertiary/aromatic N) is 2. The van der Waals surface area contributed by atoms with Gasteiger partial charge in [-0.2, -0.15) is 0 Å². The normalized spacial score (nSPS) is 22.6. The zero-order valence-corrected chi connectivity index (χ0v) is 20.9. The van der Waals surface area contributed by atoms with Gasteiger partial charge in [-0.3, -0.25) is 0 Å². The van der Waals surface area contributed by atoms with Gasteiger partial charge in [-0.1, -0.05) is 92.7 Å². The van der Waals surface area contributed by atoms with Crippen LogP contribution in [0.2, 0.25) is 0 Å². The van der Waals surface area contributed by atoms with Crippen molar-refractivity contribution < 1.29 is 0 Å². The molecule has 0 N–H and O–H groups in total. The fourth-order valence-electron chi connectivity index (χ4n) is 5.29. The summed E-state index contributed by atoms with van der Waals surface area (Å²) in [7, 11) is 0. The van der Waals surface area contributed by atoms with Crippen molar-refractivity contribution in [3.63, 3.8) is 0 Å². The van der Waals surface area contributed by atoms with E-state index in [1.54, 1.807) is 11.3 Å². The highest BCUT2D eigenvalue weighted by Gasteiger charge is 2.41. The number of rotatable bonds is 6. The van der Waals surface area contributed by atoms with Crippen LogP contribution in [0.15, 0.2) is 41.6 Å². The molecule has 1 unspecified atom stereocenters. The average Bonchev–Trinajstić information content (AvgIpc) is 3.15. The molecule has 1 aliphatic carbocycles. The molecular formula is C28H44N2. The maximum Gasteiger partial charge on any atom is 0.0902 e. The summed E-state index contributed by atoms with van der Waals surface area (Å²) in [5.74, 6) is 2.25. The summed E-state index contributed by atoms with van der Waals surface area (Å²) in [4.78, 5) is 5.37. The molecule has 0 aromatic heterocycles. The Hall–Kier alpha value is -1.70. The molecule has 0 bridgehead atoms. The summed E-state index contributed by atoms with van der Waals surface area (Å²) < 4.78 is 0. The molecule has 0 saturated carbocycles. The van der Waals surface area contributed by atoms with Crippen LogP contribution in [-0.2, 0) is 0 Å². The van der Waals surface area contributed by atoms with Crippen LogP contribution in [0.1, 0.15) is 91.7 Å². The third-order valence-corrected chi connectivity index (χ3v) is 7.51. The van der Waals surface area contributed by atoms with Gasteiger partial charge in [0.1, 0.15) is 0 Å². The molecule has 0 amide bonds. The number of anilines is 1. The molecule has 2 heteroatoms. The van der Waals surface area contributed by atoms with E-state index < -0.39 is 0 Å². The van der Waals surface area contributed by atoms with E-state index in [1.165, 1.54) is 16.8 Å². The van der Waals surface area contributed by atoms with E-state index in [1.807, 2.05) is 0 Å². The first-order chi connectivity index (χ1) is 14.1. The van der Waals surface area contributed by atoms with Crippen molar-refractivity contribution in [1.82, 2.24) is 4.90 Å². The molecule has 1 aliphatic heterocycles. The van der Waals surface area contributed by atoms with Crippen LogP contribution in [0.25, 0.3) is 0 Å². The smallest absolute Gasteiger partial charge is 0.0902 e. The second-order valence-electron chi connectivity index (χ2n) is 10.9. The van der Waals surface area contributed by atoms with Gasteiger partial charge in [-0.15, -0.1) is 0 Å². The van der Waals surface area contributed by atoms with Crippen molar-refractivity contribution in [2.75, 3.05) is 24.7 Å². The van der Waals surface area contributed by atoms with Gasteiger partial charge in [0.25, 0.3) is 0 Å². The Morgan fingerprint density at radius 1 is 0.800 bits per heavy atom. The van der Waals surface area contributed by atoms with Crippen LogP contribution in [0.4, 0.5) is 5.69 Å². The highest BCUT2D eigenvalue weighted by Crippen LogP contribution is 2.48. The monoisotopic (exact) mass is 408 g/mol. The molecule has 0 spiro atoms. The minimum Gasteiger partial charge on any atom is -0.355 e. The minimum atomic E-state index is 0.211. The molecule has 3 rings (SSSR count). The predicted molar refractivity (Wildman–Crippen MR) is 132 cm³/mol. The Morgan fingerprint density at radius 3 is 1.87 bits per heavy atom. The summed E-state index contributed by atoms with van der Waals surface area (Å²) in [6, 6.07) is 6.94. The molecule has 2 aliphatic rings. The molecule has 2 nitrogen and oxygen atoms in total. The minimum absolute atomic E-state index is 0.211. The lowest BCUT2D eigenvalue weighted by atomic mass is 9.68. The summed E-state index contributed by atoms with van der Waals surface area (Å²) >= 11 is 0. The Morgan fingerprint density at radius 2 is 1.37 bits per heavy atom. The van der Waals surface area contributed by atoms with Crippen molar-refractivity contribution in [3.8, 4) is 0 Å². The molecule has 1 aromatic rings. The van der Waals surface area contributed by atoms with Crippen LogP contribution in [0.5, 0.6) is 0 Å². The van der Waals surface area contributed by atoms with Gasteiger partial charge in [0.15, 0.2) is 0 Å². The number of hydrogen-bond donors (Lipinski definition) is 0. The highest BCUT2D eigenvalue weighted by atomic mass is 15.4.